The molecule has 0 spiro atoms. The maximum Gasteiger partial charge on any atom is 0.0576 e. The predicted molar refractivity (Wildman–Crippen MR) is 66.9 cm³/mol. The van der Waals surface area contributed by atoms with Crippen LogP contribution in [0.4, 0.5) is 0 Å². The largest absolute Gasteiger partial charge is 0.303 e. The summed E-state index contributed by atoms with van der Waals surface area (Å²) in [4.78, 5) is 0. The van der Waals surface area contributed by atoms with Crippen LogP contribution in [0.5, 0.6) is 0 Å². The third-order valence-electron chi connectivity index (χ3n) is 5.51. The van der Waals surface area contributed by atoms with Crippen molar-refractivity contribution in [3.05, 3.63) is 0 Å². The monoisotopic (exact) mass is 217 g/mol. The summed E-state index contributed by atoms with van der Waals surface area (Å²) in [7, 11) is 0. The van der Waals surface area contributed by atoms with E-state index < -0.39 is 0 Å². The highest BCUT2D eigenvalue weighted by Crippen LogP contribution is 2.61. The van der Waals surface area contributed by atoms with Crippen molar-refractivity contribution in [3.8, 4) is 12.3 Å². The van der Waals surface area contributed by atoms with Crippen LogP contribution in [0.3, 0.4) is 0 Å². The summed E-state index contributed by atoms with van der Waals surface area (Å²) in [5.74, 6) is 5.85. The molecule has 16 heavy (non-hydrogen) atoms. The second-order valence-electron chi connectivity index (χ2n) is 6.59. The molecule has 4 aliphatic rings. The molecule has 0 unspecified atom stereocenters. The summed E-state index contributed by atoms with van der Waals surface area (Å²) in [6.07, 6.45) is 14.4. The number of terminal acetylenes is 1. The van der Waals surface area contributed by atoms with E-state index in [0.29, 0.717) is 11.5 Å². The minimum atomic E-state index is 0.603. The molecule has 4 aliphatic carbocycles. The van der Waals surface area contributed by atoms with E-state index in [0.717, 1.165) is 24.3 Å². The Morgan fingerprint density at radius 3 is 2.12 bits per heavy atom. The minimum Gasteiger partial charge on any atom is -0.303 e. The van der Waals surface area contributed by atoms with Crippen LogP contribution in [0.2, 0.25) is 0 Å². The summed E-state index contributed by atoms with van der Waals surface area (Å²) < 4.78 is 0. The molecule has 88 valence electrons. The molecule has 4 saturated carbocycles. The average Bonchev–Trinajstić information content (AvgIpc) is 2.24. The summed E-state index contributed by atoms with van der Waals surface area (Å²) in [6, 6.07) is 0.622. The Morgan fingerprint density at radius 1 is 1.19 bits per heavy atom. The van der Waals surface area contributed by atoms with Crippen LogP contribution in [-0.2, 0) is 0 Å². The fourth-order valence-corrected chi connectivity index (χ4v) is 5.14. The lowest BCUT2D eigenvalue weighted by Gasteiger charge is -2.59. The van der Waals surface area contributed by atoms with Gasteiger partial charge in [-0.25, -0.2) is 0 Å². The summed E-state index contributed by atoms with van der Waals surface area (Å²) in [6.45, 7) is 3.10. The van der Waals surface area contributed by atoms with E-state index in [4.69, 9.17) is 6.42 Å². The molecule has 1 heteroatoms. The van der Waals surface area contributed by atoms with Crippen LogP contribution >= 0.6 is 0 Å². The topological polar surface area (TPSA) is 12.0 Å². The van der Waals surface area contributed by atoms with Gasteiger partial charge in [0.25, 0.3) is 0 Å². The van der Waals surface area contributed by atoms with Gasteiger partial charge < -0.3 is 5.32 Å². The van der Waals surface area contributed by atoms with Gasteiger partial charge in [0, 0.05) is 6.04 Å². The molecule has 4 fully saturated rings. The standard InChI is InChI=1S/C15H23N/c1-3-4-16-11(2)15-8-12-5-13(9-15)7-14(6-12)10-15/h1,11-14,16H,4-10H2,2H3/t11-,12?,13?,14?,15?/m0/s1. The van der Waals surface area contributed by atoms with Crippen LogP contribution in [-0.4, -0.2) is 12.6 Å². The van der Waals surface area contributed by atoms with Crippen molar-refractivity contribution in [2.75, 3.05) is 6.54 Å². The van der Waals surface area contributed by atoms with E-state index in [2.05, 4.69) is 18.2 Å². The van der Waals surface area contributed by atoms with Crippen LogP contribution < -0.4 is 5.32 Å². The second kappa shape index (κ2) is 3.77. The normalized spacial score (nSPS) is 46.6. The highest BCUT2D eigenvalue weighted by molar-refractivity contribution is 5.05. The lowest BCUT2D eigenvalue weighted by atomic mass is 9.48. The summed E-state index contributed by atoms with van der Waals surface area (Å²) in [5.41, 5.74) is 0.603. The van der Waals surface area contributed by atoms with Crippen molar-refractivity contribution in [2.45, 2.75) is 51.5 Å². The molecule has 0 heterocycles. The number of rotatable bonds is 3. The Hall–Kier alpha value is -0.480. The SMILES string of the molecule is C#CCN[C@@H](C)C12CC3CC(CC(C3)C1)C2. The third-order valence-corrected chi connectivity index (χ3v) is 5.51. The van der Waals surface area contributed by atoms with Gasteiger partial charge in [-0.3, -0.25) is 0 Å². The van der Waals surface area contributed by atoms with Gasteiger partial charge in [0.15, 0.2) is 0 Å². The Morgan fingerprint density at radius 2 is 1.69 bits per heavy atom. The quantitative estimate of drug-likeness (QED) is 0.717. The van der Waals surface area contributed by atoms with Crippen molar-refractivity contribution >= 4 is 0 Å². The first-order valence-corrected chi connectivity index (χ1v) is 6.89. The third kappa shape index (κ3) is 1.59. The van der Waals surface area contributed by atoms with Crippen molar-refractivity contribution in [1.82, 2.24) is 5.32 Å². The molecule has 0 aliphatic heterocycles. The molecule has 1 nitrogen and oxygen atoms in total. The molecule has 1 atom stereocenters. The molecule has 0 amide bonds. The molecule has 0 saturated heterocycles. The van der Waals surface area contributed by atoms with Crippen LogP contribution in [0.15, 0.2) is 0 Å². The molecule has 1 N–H and O–H groups in total. The molecule has 0 aromatic rings. The molecule has 4 rings (SSSR count). The zero-order valence-corrected chi connectivity index (χ0v) is 10.3. The van der Waals surface area contributed by atoms with Gasteiger partial charge in [-0.1, -0.05) is 5.92 Å². The van der Waals surface area contributed by atoms with E-state index >= 15 is 0 Å². The van der Waals surface area contributed by atoms with E-state index in [1.807, 2.05) is 0 Å². The Labute approximate surface area is 99.4 Å². The van der Waals surface area contributed by atoms with Crippen molar-refractivity contribution in [2.24, 2.45) is 23.2 Å². The molecule has 4 bridgehead atoms. The van der Waals surface area contributed by atoms with E-state index in [1.54, 1.807) is 0 Å². The van der Waals surface area contributed by atoms with Gasteiger partial charge in [0.05, 0.1) is 6.54 Å². The number of hydrogen-bond donors (Lipinski definition) is 1. The maximum atomic E-state index is 5.36. The fourth-order valence-electron chi connectivity index (χ4n) is 5.14. The van der Waals surface area contributed by atoms with Crippen molar-refractivity contribution in [3.63, 3.8) is 0 Å². The molecular formula is C15H23N. The van der Waals surface area contributed by atoms with Crippen molar-refractivity contribution in [1.29, 1.82) is 0 Å². The minimum absolute atomic E-state index is 0.603. The fraction of sp³-hybridized carbons (Fsp3) is 0.867. The first-order valence-electron chi connectivity index (χ1n) is 6.89. The lowest BCUT2D eigenvalue weighted by molar-refractivity contribution is -0.0697. The average molecular weight is 217 g/mol. The van der Waals surface area contributed by atoms with Gasteiger partial charge in [-0.2, -0.15) is 0 Å². The van der Waals surface area contributed by atoms with E-state index in [1.165, 1.54) is 38.5 Å². The Balaban J connectivity index is 1.75. The van der Waals surface area contributed by atoms with Crippen LogP contribution in [0.25, 0.3) is 0 Å². The Bertz CT molecular complexity index is 277. The zero-order valence-electron chi connectivity index (χ0n) is 10.3. The van der Waals surface area contributed by atoms with Gasteiger partial charge in [-0.15, -0.1) is 6.42 Å². The van der Waals surface area contributed by atoms with Gasteiger partial charge in [0.1, 0.15) is 0 Å². The molecule has 0 radical (unpaired) electrons. The smallest absolute Gasteiger partial charge is 0.0576 e. The predicted octanol–water partition coefficient (Wildman–Crippen LogP) is 2.81. The number of hydrogen-bond acceptors (Lipinski definition) is 1. The van der Waals surface area contributed by atoms with Crippen molar-refractivity contribution < 1.29 is 0 Å². The second-order valence-corrected chi connectivity index (χ2v) is 6.59. The van der Waals surface area contributed by atoms with E-state index in [-0.39, 0.29) is 0 Å². The number of nitrogens with one attached hydrogen (secondary N) is 1. The van der Waals surface area contributed by atoms with Crippen LogP contribution in [0.1, 0.15) is 45.4 Å². The van der Waals surface area contributed by atoms with E-state index in [9.17, 15) is 0 Å². The Kier molecular flexibility index (Phi) is 2.51. The highest BCUT2D eigenvalue weighted by atomic mass is 14.9. The van der Waals surface area contributed by atoms with Gasteiger partial charge in [-0.05, 0) is 68.6 Å². The molecule has 0 aromatic carbocycles. The summed E-state index contributed by atoms with van der Waals surface area (Å²) in [5, 5.41) is 3.55. The maximum absolute atomic E-state index is 5.36. The molecule has 0 aromatic heterocycles. The first-order chi connectivity index (χ1) is 7.72. The zero-order chi connectivity index (χ0) is 11.2. The van der Waals surface area contributed by atoms with Crippen LogP contribution in [0, 0.1) is 35.5 Å². The molecular weight excluding hydrogens is 194 g/mol. The highest BCUT2D eigenvalue weighted by Gasteiger charge is 2.52. The van der Waals surface area contributed by atoms with Gasteiger partial charge >= 0.3 is 0 Å². The first kappa shape index (κ1) is 10.7. The lowest BCUT2D eigenvalue weighted by Crippen LogP contribution is -2.54. The summed E-state index contributed by atoms with van der Waals surface area (Å²) >= 11 is 0. The van der Waals surface area contributed by atoms with Gasteiger partial charge in [0.2, 0.25) is 0 Å².